The lowest BCUT2D eigenvalue weighted by atomic mass is 10.1. The molecule has 0 bridgehead atoms. The highest BCUT2D eigenvalue weighted by molar-refractivity contribution is 5.97. The van der Waals surface area contributed by atoms with E-state index < -0.39 is 4.92 Å². The van der Waals surface area contributed by atoms with Crippen LogP contribution >= 0.6 is 0 Å². The lowest BCUT2D eigenvalue weighted by Gasteiger charge is -2.36. The second kappa shape index (κ2) is 7.94. The molecule has 0 radical (unpaired) electrons. The molecule has 0 aliphatic carbocycles. The van der Waals surface area contributed by atoms with Crippen molar-refractivity contribution in [3.8, 4) is 11.5 Å². The van der Waals surface area contributed by atoms with Crippen LogP contribution in [0.1, 0.15) is 10.4 Å². The number of benzene rings is 2. The maximum atomic E-state index is 12.8. The van der Waals surface area contributed by atoms with Crippen molar-refractivity contribution in [2.75, 3.05) is 45.3 Å². The molecule has 2 aromatic rings. The van der Waals surface area contributed by atoms with Crippen molar-refractivity contribution in [2.45, 2.75) is 0 Å². The van der Waals surface area contributed by atoms with E-state index in [-0.39, 0.29) is 11.6 Å². The summed E-state index contributed by atoms with van der Waals surface area (Å²) in [6.45, 7) is 1.96. The SMILES string of the molecule is COc1ccc(N2CCN(C(=O)c3ccccc3OC)CC2)c([N+](=O)[O-])c1. The number of hydrogen-bond acceptors (Lipinski definition) is 6. The molecule has 1 amide bonds. The minimum absolute atomic E-state index is 0.00106. The third-order valence-corrected chi connectivity index (χ3v) is 4.62. The van der Waals surface area contributed by atoms with E-state index in [0.717, 1.165) is 0 Å². The number of carbonyl (C=O) groups is 1. The summed E-state index contributed by atoms with van der Waals surface area (Å²) in [5.74, 6) is 0.877. The number of anilines is 1. The number of ether oxygens (including phenoxy) is 2. The summed E-state index contributed by atoms with van der Waals surface area (Å²) < 4.78 is 10.3. The van der Waals surface area contributed by atoms with Crippen LogP contribution in [0.15, 0.2) is 42.5 Å². The molecule has 1 aliphatic rings. The van der Waals surface area contributed by atoms with E-state index in [2.05, 4.69) is 0 Å². The Balaban J connectivity index is 1.74. The van der Waals surface area contributed by atoms with Gasteiger partial charge in [0.2, 0.25) is 0 Å². The zero-order chi connectivity index (χ0) is 19.4. The number of nitro groups is 1. The molecule has 0 unspecified atom stereocenters. The molecule has 1 heterocycles. The molecule has 0 atom stereocenters. The van der Waals surface area contributed by atoms with Gasteiger partial charge in [0.1, 0.15) is 17.2 Å². The molecule has 0 spiro atoms. The monoisotopic (exact) mass is 371 g/mol. The van der Waals surface area contributed by atoms with E-state index in [1.54, 1.807) is 35.2 Å². The van der Waals surface area contributed by atoms with Crippen LogP contribution in [0.25, 0.3) is 0 Å². The Morgan fingerprint density at radius 3 is 2.37 bits per heavy atom. The zero-order valence-electron chi connectivity index (χ0n) is 15.3. The molecule has 2 aromatic carbocycles. The fraction of sp³-hybridized carbons (Fsp3) is 0.316. The molecule has 0 aromatic heterocycles. The maximum Gasteiger partial charge on any atom is 0.296 e. The Bertz CT molecular complexity index is 847. The second-order valence-electron chi connectivity index (χ2n) is 6.09. The van der Waals surface area contributed by atoms with Crippen molar-refractivity contribution in [1.82, 2.24) is 4.90 Å². The van der Waals surface area contributed by atoms with Gasteiger partial charge in [-0.2, -0.15) is 0 Å². The summed E-state index contributed by atoms with van der Waals surface area (Å²) >= 11 is 0. The van der Waals surface area contributed by atoms with Gasteiger partial charge >= 0.3 is 0 Å². The highest BCUT2D eigenvalue weighted by Crippen LogP contribution is 2.33. The van der Waals surface area contributed by atoms with Crippen molar-refractivity contribution in [3.05, 3.63) is 58.1 Å². The normalized spacial score (nSPS) is 14.0. The Hall–Kier alpha value is -3.29. The minimum Gasteiger partial charge on any atom is -0.496 e. The molecule has 0 saturated carbocycles. The molecule has 27 heavy (non-hydrogen) atoms. The zero-order valence-corrected chi connectivity index (χ0v) is 15.3. The summed E-state index contributed by atoms with van der Waals surface area (Å²) in [5.41, 5.74) is 1.05. The summed E-state index contributed by atoms with van der Waals surface area (Å²) in [7, 11) is 3.01. The highest BCUT2D eigenvalue weighted by atomic mass is 16.6. The number of hydrogen-bond donors (Lipinski definition) is 0. The molecule has 1 fully saturated rings. The predicted molar refractivity (Wildman–Crippen MR) is 101 cm³/mol. The van der Waals surface area contributed by atoms with Gasteiger partial charge in [0.05, 0.1) is 30.8 Å². The topological polar surface area (TPSA) is 85.2 Å². The van der Waals surface area contributed by atoms with Gasteiger partial charge in [-0.1, -0.05) is 12.1 Å². The van der Waals surface area contributed by atoms with Crippen LogP contribution in [0.2, 0.25) is 0 Å². The lowest BCUT2D eigenvalue weighted by molar-refractivity contribution is -0.384. The summed E-state index contributed by atoms with van der Waals surface area (Å²) in [6.07, 6.45) is 0. The molecule has 1 saturated heterocycles. The Kier molecular flexibility index (Phi) is 5.44. The first-order valence-electron chi connectivity index (χ1n) is 8.55. The quantitative estimate of drug-likeness (QED) is 0.593. The van der Waals surface area contributed by atoms with E-state index in [4.69, 9.17) is 9.47 Å². The first kappa shape index (κ1) is 18.5. The molecule has 8 heteroatoms. The molecular weight excluding hydrogens is 350 g/mol. The average Bonchev–Trinajstić information content (AvgIpc) is 2.72. The van der Waals surface area contributed by atoms with E-state index in [1.165, 1.54) is 20.3 Å². The van der Waals surface area contributed by atoms with Crippen LogP contribution in [-0.4, -0.2) is 56.1 Å². The largest absolute Gasteiger partial charge is 0.496 e. The summed E-state index contributed by atoms with van der Waals surface area (Å²) in [5, 5.41) is 11.4. The van der Waals surface area contributed by atoms with Crippen molar-refractivity contribution >= 4 is 17.3 Å². The molecule has 8 nitrogen and oxygen atoms in total. The highest BCUT2D eigenvalue weighted by Gasteiger charge is 2.27. The van der Waals surface area contributed by atoms with Crippen molar-refractivity contribution in [2.24, 2.45) is 0 Å². The first-order valence-corrected chi connectivity index (χ1v) is 8.55. The van der Waals surface area contributed by atoms with Crippen LogP contribution in [0, 0.1) is 10.1 Å². The van der Waals surface area contributed by atoms with Crippen molar-refractivity contribution in [1.29, 1.82) is 0 Å². The van der Waals surface area contributed by atoms with Gasteiger partial charge in [-0.05, 0) is 24.3 Å². The number of para-hydroxylation sites is 1. The molecular formula is C19H21N3O5. The van der Waals surface area contributed by atoms with Crippen LogP contribution in [0.4, 0.5) is 11.4 Å². The molecule has 1 aliphatic heterocycles. The van der Waals surface area contributed by atoms with Crippen LogP contribution in [0.5, 0.6) is 11.5 Å². The number of rotatable bonds is 5. The van der Waals surface area contributed by atoms with Crippen LogP contribution < -0.4 is 14.4 Å². The standard InChI is InChI=1S/C19H21N3O5/c1-26-14-7-8-16(17(13-14)22(24)25)20-9-11-21(12-10-20)19(23)15-5-3-4-6-18(15)27-2/h3-8,13H,9-12H2,1-2H3. The van der Waals surface area contributed by atoms with Gasteiger partial charge < -0.3 is 19.3 Å². The maximum absolute atomic E-state index is 12.8. The van der Waals surface area contributed by atoms with Gasteiger partial charge in [-0.3, -0.25) is 14.9 Å². The van der Waals surface area contributed by atoms with E-state index in [9.17, 15) is 14.9 Å². The fourth-order valence-corrected chi connectivity index (χ4v) is 3.19. The van der Waals surface area contributed by atoms with E-state index >= 15 is 0 Å². The predicted octanol–water partition coefficient (Wildman–Crippen LogP) is 2.57. The number of piperazine rings is 1. The van der Waals surface area contributed by atoms with Gasteiger partial charge in [-0.25, -0.2) is 0 Å². The smallest absolute Gasteiger partial charge is 0.296 e. The Morgan fingerprint density at radius 2 is 1.74 bits per heavy atom. The third-order valence-electron chi connectivity index (χ3n) is 4.62. The van der Waals surface area contributed by atoms with E-state index in [0.29, 0.717) is 48.9 Å². The van der Waals surface area contributed by atoms with Crippen molar-refractivity contribution < 1.29 is 19.2 Å². The number of methoxy groups -OCH3 is 2. The first-order chi connectivity index (χ1) is 13.0. The van der Waals surface area contributed by atoms with E-state index in [1.807, 2.05) is 11.0 Å². The van der Waals surface area contributed by atoms with Crippen LogP contribution in [0.3, 0.4) is 0 Å². The third kappa shape index (κ3) is 3.79. The van der Waals surface area contributed by atoms with Gasteiger partial charge in [-0.15, -0.1) is 0 Å². The number of carbonyl (C=O) groups excluding carboxylic acids is 1. The van der Waals surface area contributed by atoms with Gasteiger partial charge in [0.15, 0.2) is 0 Å². The number of nitrogens with zero attached hydrogens (tertiary/aromatic N) is 3. The van der Waals surface area contributed by atoms with Crippen LogP contribution in [-0.2, 0) is 0 Å². The van der Waals surface area contributed by atoms with Gasteiger partial charge in [0.25, 0.3) is 11.6 Å². The molecule has 0 N–H and O–H groups in total. The second-order valence-corrected chi connectivity index (χ2v) is 6.09. The fourth-order valence-electron chi connectivity index (χ4n) is 3.19. The summed E-state index contributed by atoms with van der Waals surface area (Å²) in [6, 6.07) is 11.9. The minimum atomic E-state index is -0.412. The Morgan fingerprint density at radius 1 is 1.04 bits per heavy atom. The molecule has 3 rings (SSSR count). The lowest BCUT2D eigenvalue weighted by Crippen LogP contribution is -2.49. The number of amides is 1. The van der Waals surface area contributed by atoms with Gasteiger partial charge in [0, 0.05) is 26.2 Å². The molecule has 142 valence electrons. The number of nitro benzene ring substituents is 1. The summed E-state index contributed by atoms with van der Waals surface area (Å²) in [4.78, 5) is 27.4. The van der Waals surface area contributed by atoms with Crippen molar-refractivity contribution in [3.63, 3.8) is 0 Å². The Labute approximate surface area is 157 Å². The average molecular weight is 371 g/mol.